The summed E-state index contributed by atoms with van der Waals surface area (Å²) in [6, 6.07) is 15.1. The molecule has 3 N–H and O–H groups in total. The molecule has 3 aromatic rings. The van der Waals surface area contributed by atoms with Crippen LogP contribution in [0.15, 0.2) is 47.3 Å². The number of hydrogen-bond acceptors (Lipinski definition) is 7. The molecule has 11 heteroatoms. The van der Waals surface area contributed by atoms with Gasteiger partial charge in [0.25, 0.3) is 11.5 Å². The lowest BCUT2D eigenvalue weighted by Gasteiger charge is -2.37. The number of nitrogens with one attached hydrogen (secondary N) is 2. The van der Waals surface area contributed by atoms with Gasteiger partial charge in [-0.3, -0.25) is 24.1 Å². The summed E-state index contributed by atoms with van der Waals surface area (Å²) < 4.78 is 5.69. The van der Waals surface area contributed by atoms with Crippen LogP contribution >= 0.6 is 0 Å². The van der Waals surface area contributed by atoms with Crippen LogP contribution < -0.4 is 15.8 Å². The second kappa shape index (κ2) is 21.9. The van der Waals surface area contributed by atoms with Crippen molar-refractivity contribution in [3.8, 4) is 11.1 Å². The van der Waals surface area contributed by atoms with Crippen LogP contribution in [0.4, 0.5) is 5.69 Å². The Labute approximate surface area is 339 Å². The van der Waals surface area contributed by atoms with Gasteiger partial charge in [0.2, 0.25) is 5.91 Å². The Bertz CT molecular complexity index is 1840. The molecule has 0 bridgehead atoms. The van der Waals surface area contributed by atoms with Crippen LogP contribution in [0.1, 0.15) is 122 Å². The van der Waals surface area contributed by atoms with E-state index in [9.17, 15) is 19.2 Å². The molecule has 0 aliphatic carbocycles. The van der Waals surface area contributed by atoms with E-state index in [1.807, 2.05) is 37.8 Å². The number of aliphatic carboxylic acids is 1. The number of aryl methyl sites for hydroxylation is 2. The summed E-state index contributed by atoms with van der Waals surface area (Å²) in [5, 5.41) is 11.8. The minimum Gasteiger partial charge on any atom is -0.481 e. The van der Waals surface area contributed by atoms with Crippen LogP contribution in [0.2, 0.25) is 0 Å². The Morgan fingerprint density at radius 3 is 2.09 bits per heavy atom. The number of carbonyl (C=O) groups excluding carboxylic acids is 2. The lowest BCUT2D eigenvalue weighted by molar-refractivity contribution is -0.137. The highest BCUT2D eigenvalue weighted by molar-refractivity contribution is 5.99. The zero-order valence-electron chi connectivity index (χ0n) is 34.8. The Balaban J connectivity index is 1.17. The molecule has 0 saturated carbocycles. The van der Waals surface area contributed by atoms with Gasteiger partial charge in [0.05, 0.1) is 0 Å². The Morgan fingerprint density at radius 2 is 1.47 bits per heavy atom. The number of benzene rings is 2. The van der Waals surface area contributed by atoms with E-state index in [1.54, 1.807) is 0 Å². The summed E-state index contributed by atoms with van der Waals surface area (Å²) in [5.74, 6) is -0.655. The minimum absolute atomic E-state index is 0.148. The van der Waals surface area contributed by atoms with Crippen LogP contribution in [-0.4, -0.2) is 89.7 Å². The van der Waals surface area contributed by atoms with Crippen LogP contribution in [0.3, 0.4) is 0 Å². The number of carboxylic acids is 1. The zero-order chi connectivity index (χ0) is 40.7. The molecule has 0 atom stereocenters. The van der Waals surface area contributed by atoms with E-state index in [1.165, 1.54) is 5.56 Å². The fourth-order valence-corrected chi connectivity index (χ4v) is 8.37. The van der Waals surface area contributed by atoms with Crippen molar-refractivity contribution < 1.29 is 24.2 Å². The number of pyridine rings is 1. The molecule has 0 unspecified atom stereocenters. The first-order valence-electron chi connectivity index (χ1n) is 21.3. The molecule has 310 valence electrons. The van der Waals surface area contributed by atoms with E-state index in [0.29, 0.717) is 23.6 Å². The highest BCUT2D eigenvalue weighted by Gasteiger charge is 2.26. The topological polar surface area (TPSA) is 135 Å². The number of unbranched alkanes of at least 4 members (excludes halogenated alkanes) is 7. The van der Waals surface area contributed by atoms with Gasteiger partial charge in [-0.15, -0.1) is 0 Å². The van der Waals surface area contributed by atoms with Gasteiger partial charge in [-0.25, -0.2) is 0 Å². The number of H-pyrrole nitrogens is 1. The van der Waals surface area contributed by atoms with E-state index >= 15 is 0 Å². The second-order valence-corrected chi connectivity index (χ2v) is 16.0. The minimum atomic E-state index is -0.712. The van der Waals surface area contributed by atoms with Crippen molar-refractivity contribution in [2.75, 3.05) is 50.8 Å². The predicted molar refractivity (Wildman–Crippen MR) is 227 cm³/mol. The van der Waals surface area contributed by atoms with Crippen molar-refractivity contribution in [1.29, 1.82) is 0 Å². The number of aromatic amines is 1. The standard InChI is InChI=1S/C46H65N5O6/c1-5-51(39-20-26-57-27-21-39)42-30-38(29-40(35(42)4)45(55)47-31-41-33(2)28-34(3)48-46(41)56)37-18-16-36(17-19-37)32-49-22-24-50(25-23-49)43(52)14-12-10-8-6-7-9-11-13-15-44(53)54/h16-19,28-30,39H,5-15,20-27,31-32H2,1-4H3,(H,47,55)(H,48,56)(H,53,54). The van der Waals surface area contributed by atoms with Crippen LogP contribution in [0, 0.1) is 20.8 Å². The van der Waals surface area contributed by atoms with Crippen molar-refractivity contribution in [3.05, 3.63) is 86.3 Å². The van der Waals surface area contributed by atoms with Gasteiger partial charge in [-0.1, -0.05) is 62.8 Å². The normalized spacial score (nSPS) is 15.1. The van der Waals surface area contributed by atoms with E-state index in [2.05, 4.69) is 57.4 Å². The van der Waals surface area contributed by atoms with Crippen molar-refractivity contribution in [2.24, 2.45) is 0 Å². The highest BCUT2D eigenvalue weighted by Crippen LogP contribution is 2.34. The number of carbonyl (C=O) groups is 3. The maximum absolute atomic E-state index is 13.9. The van der Waals surface area contributed by atoms with Gasteiger partial charge < -0.3 is 29.9 Å². The largest absolute Gasteiger partial charge is 0.481 e. The molecule has 2 fully saturated rings. The second-order valence-electron chi connectivity index (χ2n) is 16.0. The first kappa shape index (κ1) is 43.6. The van der Waals surface area contributed by atoms with E-state index in [4.69, 9.17) is 9.84 Å². The van der Waals surface area contributed by atoms with Crippen molar-refractivity contribution in [1.82, 2.24) is 20.1 Å². The summed E-state index contributed by atoms with van der Waals surface area (Å²) in [7, 11) is 0. The molecule has 2 amide bonds. The molecule has 1 aromatic heterocycles. The van der Waals surface area contributed by atoms with Crippen LogP contribution in [-0.2, 0) is 27.4 Å². The molecule has 5 rings (SSSR count). The summed E-state index contributed by atoms with van der Waals surface area (Å²) in [4.78, 5) is 59.9. The average Bonchev–Trinajstić information content (AvgIpc) is 3.20. The van der Waals surface area contributed by atoms with E-state index in [-0.39, 0.29) is 30.3 Å². The molecule has 11 nitrogen and oxygen atoms in total. The lowest BCUT2D eigenvalue weighted by atomic mass is 9.94. The van der Waals surface area contributed by atoms with Crippen molar-refractivity contribution >= 4 is 23.5 Å². The third-order valence-electron chi connectivity index (χ3n) is 11.8. The third-order valence-corrected chi connectivity index (χ3v) is 11.8. The summed E-state index contributed by atoms with van der Waals surface area (Å²) in [6.45, 7) is 14.4. The first-order chi connectivity index (χ1) is 27.5. The van der Waals surface area contributed by atoms with Gasteiger partial charge >= 0.3 is 5.97 Å². The molecule has 2 saturated heterocycles. The fourth-order valence-electron chi connectivity index (χ4n) is 8.37. The van der Waals surface area contributed by atoms with E-state index < -0.39 is 5.97 Å². The SMILES string of the molecule is CCN(c1cc(-c2ccc(CN3CCN(C(=O)CCCCCCCCCCC(=O)O)CC3)cc2)cc(C(=O)NCc2c(C)cc(C)[nH]c2=O)c1C)C1CCOCC1. The highest BCUT2D eigenvalue weighted by atomic mass is 16.5. The molecule has 2 aliphatic heterocycles. The molecule has 0 spiro atoms. The fraction of sp³-hybridized carbons (Fsp3) is 0.565. The third kappa shape index (κ3) is 12.8. The molecule has 0 radical (unpaired) electrons. The number of anilines is 1. The molecular formula is C46H65N5O6. The number of aromatic nitrogens is 1. The lowest BCUT2D eigenvalue weighted by Crippen LogP contribution is -2.48. The van der Waals surface area contributed by atoms with Gasteiger partial charge in [-0.05, 0) is 99.4 Å². The molecule has 3 heterocycles. The number of piperazine rings is 1. The van der Waals surface area contributed by atoms with Crippen molar-refractivity contribution in [3.63, 3.8) is 0 Å². The number of carboxylic acid groups (broad SMARTS) is 1. The molecule has 57 heavy (non-hydrogen) atoms. The summed E-state index contributed by atoms with van der Waals surface area (Å²) >= 11 is 0. The predicted octanol–water partition coefficient (Wildman–Crippen LogP) is 7.53. The smallest absolute Gasteiger partial charge is 0.303 e. The molecule has 2 aliphatic rings. The number of nitrogens with zero attached hydrogens (tertiary/aromatic N) is 3. The maximum Gasteiger partial charge on any atom is 0.303 e. The Hall–Kier alpha value is -4.48. The van der Waals surface area contributed by atoms with Gasteiger partial charge in [0.15, 0.2) is 0 Å². The van der Waals surface area contributed by atoms with Gasteiger partial charge in [-0.2, -0.15) is 0 Å². The van der Waals surface area contributed by atoms with Gasteiger partial charge in [0, 0.05) is 100 Å². The number of amides is 2. The number of rotatable bonds is 20. The summed E-state index contributed by atoms with van der Waals surface area (Å²) in [5.41, 5.74) is 7.83. The Morgan fingerprint density at radius 1 is 0.842 bits per heavy atom. The number of hydrogen-bond donors (Lipinski definition) is 3. The quantitative estimate of drug-likeness (QED) is 0.100. The van der Waals surface area contributed by atoms with Crippen molar-refractivity contribution in [2.45, 2.75) is 124 Å². The van der Waals surface area contributed by atoms with Gasteiger partial charge in [0.1, 0.15) is 0 Å². The molecular weight excluding hydrogens is 719 g/mol. The monoisotopic (exact) mass is 783 g/mol. The summed E-state index contributed by atoms with van der Waals surface area (Å²) in [6.07, 6.45) is 11.0. The average molecular weight is 784 g/mol. The maximum atomic E-state index is 13.9. The Kier molecular flexibility index (Phi) is 16.8. The molecule has 2 aromatic carbocycles. The van der Waals surface area contributed by atoms with Crippen LogP contribution in [0.5, 0.6) is 0 Å². The van der Waals surface area contributed by atoms with E-state index in [0.717, 1.165) is 150 Å². The first-order valence-corrected chi connectivity index (χ1v) is 21.3. The zero-order valence-corrected chi connectivity index (χ0v) is 34.8. The van der Waals surface area contributed by atoms with Crippen LogP contribution in [0.25, 0.3) is 11.1 Å². The number of ether oxygens (including phenoxy) is 1.